The molecule has 0 saturated carbocycles. The van der Waals surface area contributed by atoms with Crippen molar-refractivity contribution in [3.05, 3.63) is 39.0 Å². The lowest BCUT2D eigenvalue weighted by atomic mass is 10.3. The van der Waals surface area contributed by atoms with Crippen LogP contribution >= 0.6 is 27.3 Å². The summed E-state index contributed by atoms with van der Waals surface area (Å²) in [5, 5.41) is 3.09. The lowest BCUT2D eigenvalue weighted by Gasteiger charge is -2.10. The molecular formula is C16H18BrN3O2S. The number of rotatable bonds is 4. The lowest BCUT2D eigenvalue weighted by Crippen LogP contribution is -2.23. The molecule has 0 spiro atoms. The predicted octanol–water partition coefficient (Wildman–Crippen LogP) is 3.64. The van der Waals surface area contributed by atoms with Gasteiger partial charge in [0.2, 0.25) is 0 Å². The first-order valence-corrected chi connectivity index (χ1v) is 9.02. The van der Waals surface area contributed by atoms with E-state index >= 15 is 0 Å². The number of anilines is 1. The van der Waals surface area contributed by atoms with Crippen LogP contribution in [-0.2, 0) is 6.42 Å². The molecule has 0 amide bonds. The molecule has 2 aromatic rings. The summed E-state index contributed by atoms with van der Waals surface area (Å²) in [4.78, 5) is 5.64. The van der Waals surface area contributed by atoms with E-state index in [4.69, 9.17) is 15.2 Å². The van der Waals surface area contributed by atoms with Gasteiger partial charge in [-0.15, -0.1) is 11.3 Å². The van der Waals surface area contributed by atoms with Crippen LogP contribution in [0.5, 0.6) is 11.5 Å². The van der Waals surface area contributed by atoms with E-state index in [9.17, 15) is 0 Å². The first-order valence-electron chi connectivity index (χ1n) is 7.41. The Morgan fingerprint density at radius 1 is 1.22 bits per heavy atom. The zero-order valence-electron chi connectivity index (χ0n) is 12.5. The van der Waals surface area contributed by atoms with E-state index in [0.717, 1.165) is 33.8 Å². The third kappa shape index (κ3) is 4.62. The topological polar surface area (TPSA) is 68.9 Å². The number of nitrogens with zero attached hydrogens (tertiary/aromatic N) is 1. The fourth-order valence-corrected chi connectivity index (χ4v) is 3.67. The third-order valence-electron chi connectivity index (χ3n) is 3.29. The van der Waals surface area contributed by atoms with Gasteiger partial charge in [-0.2, -0.15) is 0 Å². The average molecular weight is 396 g/mol. The molecule has 1 aromatic heterocycles. The molecule has 1 aliphatic rings. The van der Waals surface area contributed by atoms with Gasteiger partial charge in [-0.25, -0.2) is 0 Å². The van der Waals surface area contributed by atoms with Gasteiger partial charge in [0.15, 0.2) is 17.5 Å². The maximum Gasteiger partial charge on any atom is 0.193 e. The van der Waals surface area contributed by atoms with Crippen molar-refractivity contribution < 1.29 is 9.47 Å². The van der Waals surface area contributed by atoms with Crippen LogP contribution in [0.15, 0.2) is 39.1 Å². The summed E-state index contributed by atoms with van der Waals surface area (Å²) in [6.45, 7) is 1.99. The lowest BCUT2D eigenvalue weighted by molar-refractivity contribution is 0.297. The molecule has 122 valence electrons. The standard InChI is InChI=1S/C16H18BrN3O2S/c17-15-5-3-12(23-15)6-7-19-16(18)20-11-2-4-13-14(10-11)22-9-1-8-21-13/h2-5,10H,1,6-9H2,(H3,18,19,20). The van der Waals surface area contributed by atoms with E-state index in [2.05, 4.69) is 32.3 Å². The smallest absolute Gasteiger partial charge is 0.193 e. The molecule has 1 aliphatic heterocycles. The quantitative estimate of drug-likeness (QED) is 0.612. The summed E-state index contributed by atoms with van der Waals surface area (Å²) in [7, 11) is 0. The van der Waals surface area contributed by atoms with Crippen LogP contribution in [0.25, 0.3) is 0 Å². The molecule has 3 rings (SSSR count). The molecule has 5 nitrogen and oxygen atoms in total. The van der Waals surface area contributed by atoms with E-state index < -0.39 is 0 Å². The van der Waals surface area contributed by atoms with Gasteiger partial charge in [0, 0.05) is 36.0 Å². The Morgan fingerprint density at radius 2 is 2.04 bits per heavy atom. The van der Waals surface area contributed by atoms with Gasteiger partial charge in [-0.1, -0.05) is 0 Å². The van der Waals surface area contributed by atoms with Crippen molar-refractivity contribution in [1.82, 2.24) is 0 Å². The first kappa shape index (κ1) is 16.1. The summed E-state index contributed by atoms with van der Waals surface area (Å²) < 4.78 is 12.4. The number of nitrogens with one attached hydrogen (secondary N) is 1. The van der Waals surface area contributed by atoms with Gasteiger partial charge in [0.25, 0.3) is 0 Å². The summed E-state index contributed by atoms with van der Waals surface area (Å²) in [6.07, 6.45) is 1.76. The van der Waals surface area contributed by atoms with Crippen LogP contribution in [0.2, 0.25) is 0 Å². The van der Waals surface area contributed by atoms with Crippen LogP contribution in [0, 0.1) is 0 Å². The largest absolute Gasteiger partial charge is 0.490 e. The highest BCUT2D eigenvalue weighted by molar-refractivity contribution is 9.11. The SMILES string of the molecule is NC(=NCCc1ccc(Br)s1)Nc1ccc2c(c1)OCCCO2. The van der Waals surface area contributed by atoms with Crippen molar-refractivity contribution in [3.63, 3.8) is 0 Å². The minimum atomic E-state index is 0.398. The molecule has 0 fully saturated rings. The highest BCUT2D eigenvalue weighted by Crippen LogP contribution is 2.32. The van der Waals surface area contributed by atoms with E-state index in [0.29, 0.717) is 25.7 Å². The number of hydrogen-bond donors (Lipinski definition) is 2. The molecule has 0 saturated heterocycles. The Balaban J connectivity index is 1.57. The van der Waals surface area contributed by atoms with Crippen molar-refractivity contribution in [3.8, 4) is 11.5 Å². The normalized spacial score (nSPS) is 14.4. The Bertz CT molecular complexity index is 702. The van der Waals surface area contributed by atoms with Crippen LogP contribution in [0.3, 0.4) is 0 Å². The molecule has 2 heterocycles. The minimum Gasteiger partial charge on any atom is -0.490 e. The Morgan fingerprint density at radius 3 is 2.83 bits per heavy atom. The number of hydrogen-bond acceptors (Lipinski definition) is 4. The van der Waals surface area contributed by atoms with E-state index in [-0.39, 0.29) is 0 Å². The van der Waals surface area contributed by atoms with Crippen molar-refractivity contribution >= 4 is 38.9 Å². The number of fused-ring (bicyclic) bond motifs is 1. The molecule has 0 unspecified atom stereocenters. The molecule has 0 aliphatic carbocycles. The van der Waals surface area contributed by atoms with Gasteiger partial charge >= 0.3 is 0 Å². The highest BCUT2D eigenvalue weighted by atomic mass is 79.9. The molecule has 0 radical (unpaired) electrons. The Labute approximate surface area is 147 Å². The second-order valence-corrected chi connectivity index (χ2v) is 7.61. The van der Waals surface area contributed by atoms with Gasteiger partial charge in [0.1, 0.15) is 0 Å². The molecular weight excluding hydrogens is 378 g/mol. The van der Waals surface area contributed by atoms with Gasteiger partial charge in [0.05, 0.1) is 17.0 Å². The molecule has 0 atom stereocenters. The monoisotopic (exact) mass is 395 g/mol. The third-order valence-corrected chi connectivity index (χ3v) is 4.97. The van der Waals surface area contributed by atoms with Gasteiger partial charge in [-0.3, -0.25) is 4.99 Å². The molecule has 7 heteroatoms. The number of nitrogens with two attached hydrogens (primary N) is 1. The van der Waals surface area contributed by atoms with E-state index in [1.165, 1.54) is 4.88 Å². The fourth-order valence-electron chi connectivity index (χ4n) is 2.20. The van der Waals surface area contributed by atoms with Gasteiger partial charge in [-0.05, 0) is 40.2 Å². The van der Waals surface area contributed by atoms with Gasteiger partial charge < -0.3 is 20.5 Å². The highest BCUT2D eigenvalue weighted by Gasteiger charge is 2.10. The fraction of sp³-hybridized carbons (Fsp3) is 0.312. The Hall–Kier alpha value is -1.73. The van der Waals surface area contributed by atoms with Crippen LogP contribution in [0.4, 0.5) is 5.69 Å². The molecule has 23 heavy (non-hydrogen) atoms. The molecule has 0 bridgehead atoms. The summed E-state index contributed by atoms with van der Waals surface area (Å²) >= 11 is 5.17. The zero-order chi connectivity index (χ0) is 16.1. The number of thiophene rings is 1. The van der Waals surface area contributed by atoms with Crippen LogP contribution in [0.1, 0.15) is 11.3 Å². The predicted molar refractivity (Wildman–Crippen MR) is 97.9 cm³/mol. The summed E-state index contributed by atoms with van der Waals surface area (Å²) in [5.74, 6) is 1.91. The van der Waals surface area contributed by atoms with E-state index in [1.54, 1.807) is 11.3 Å². The van der Waals surface area contributed by atoms with Crippen molar-refractivity contribution in [1.29, 1.82) is 0 Å². The number of benzene rings is 1. The van der Waals surface area contributed by atoms with E-state index in [1.807, 2.05) is 24.3 Å². The zero-order valence-corrected chi connectivity index (χ0v) is 15.0. The second-order valence-electron chi connectivity index (χ2n) is 5.06. The first-order chi connectivity index (χ1) is 11.2. The number of halogens is 1. The summed E-state index contributed by atoms with van der Waals surface area (Å²) in [6, 6.07) is 9.83. The average Bonchev–Trinajstić information content (AvgIpc) is 2.81. The minimum absolute atomic E-state index is 0.398. The maximum atomic E-state index is 5.94. The van der Waals surface area contributed by atoms with Crippen molar-refractivity contribution in [2.24, 2.45) is 10.7 Å². The second kappa shape index (κ2) is 7.70. The van der Waals surface area contributed by atoms with Crippen molar-refractivity contribution in [2.45, 2.75) is 12.8 Å². The number of guanidine groups is 1. The Kier molecular flexibility index (Phi) is 5.40. The number of aliphatic imine (C=N–C) groups is 1. The number of ether oxygens (including phenoxy) is 2. The summed E-state index contributed by atoms with van der Waals surface area (Å²) in [5.41, 5.74) is 6.78. The van der Waals surface area contributed by atoms with Crippen molar-refractivity contribution in [2.75, 3.05) is 25.1 Å². The molecule has 1 aromatic carbocycles. The maximum absolute atomic E-state index is 5.94. The van der Waals surface area contributed by atoms with Crippen LogP contribution < -0.4 is 20.5 Å². The van der Waals surface area contributed by atoms with Crippen LogP contribution in [-0.4, -0.2) is 25.7 Å². The molecule has 3 N–H and O–H groups in total.